The molecule has 3 rings (SSSR count). The highest BCUT2D eigenvalue weighted by molar-refractivity contribution is 7.89. The first-order valence-corrected chi connectivity index (χ1v) is 10.3. The Labute approximate surface area is 151 Å². The SMILES string of the molecule is CCc1ccc(S(=O)(=O)N2CCN(Cc3ccccc3)C(C)C2)cc1. The number of hydrogen-bond acceptors (Lipinski definition) is 3. The molecule has 2 aromatic rings. The summed E-state index contributed by atoms with van der Waals surface area (Å²) < 4.78 is 27.4. The largest absolute Gasteiger partial charge is 0.294 e. The number of piperazine rings is 1. The van der Waals surface area contributed by atoms with Crippen molar-refractivity contribution in [2.75, 3.05) is 19.6 Å². The minimum Gasteiger partial charge on any atom is -0.294 e. The van der Waals surface area contributed by atoms with Gasteiger partial charge in [0.1, 0.15) is 0 Å². The van der Waals surface area contributed by atoms with Crippen LogP contribution in [0.15, 0.2) is 59.5 Å². The molecule has 5 heteroatoms. The molecule has 134 valence electrons. The number of rotatable bonds is 5. The molecule has 1 unspecified atom stereocenters. The molecule has 1 atom stereocenters. The summed E-state index contributed by atoms with van der Waals surface area (Å²) in [4.78, 5) is 2.75. The molecule has 0 amide bonds. The molecule has 0 aliphatic carbocycles. The van der Waals surface area contributed by atoms with Crippen molar-refractivity contribution in [3.05, 3.63) is 65.7 Å². The lowest BCUT2D eigenvalue weighted by atomic mass is 10.1. The molecule has 25 heavy (non-hydrogen) atoms. The average Bonchev–Trinajstić information content (AvgIpc) is 2.64. The fraction of sp³-hybridized carbons (Fsp3) is 0.400. The zero-order valence-electron chi connectivity index (χ0n) is 14.9. The molecule has 0 aromatic heterocycles. The predicted molar refractivity (Wildman–Crippen MR) is 101 cm³/mol. The molecule has 1 aliphatic rings. The maximum Gasteiger partial charge on any atom is 0.243 e. The van der Waals surface area contributed by atoms with E-state index in [2.05, 4.69) is 30.9 Å². The van der Waals surface area contributed by atoms with Crippen LogP contribution in [-0.4, -0.2) is 43.3 Å². The third-order valence-electron chi connectivity index (χ3n) is 4.93. The molecule has 2 aromatic carbocycles. The van der Waals surface area contributed by atoms with Gasteiger partial charge in [-0.15, -0.1) is 0 Å². The van der Waals surface area contributed by atoms with E-state index in [1.54, 1.807) is 16.4 Å². The molecule has 1 heterocycles. The number of hydrogen-bond donors (Lipinski definition) is 0. The Morgan fingerprint density at radius 2 is 1.64 bits per heavy atom. The first kappa shape index (κ1) is 18.1. The molecular formula is C20H26N2O2S. The lowest BCUT2D eigenvalue weighted by Gasteiger charge is -2.39. The van der Waals surface area contributed by atoms with Gasteiger partial charge in [-0.3, -0.25) is 4.90 Å². The number of nitrogens with zero attached hydrogens (tertiary/aromatic N) is 2. The van der Waals surface area contributed by atoms with Crippen LogP contribution in [0.3, 0.4) is 0 Å². The van der Waals surface area contributed by atoms with E-state index in [-0.39, 0.29) is 6.04 Å². The van der Waals surface area contributed by atoms with E-state index >= 15 is 0 Å². The van der Waals surface area contributed by atoms with Gasteiger partial charge in [0.15, 0.2) is 0 Å². The van der Waals surface area contributed by atoms with Gasteiger partial charge in [-0.25, -0.2) is 8.42 Å². The van der Waals surface area contributed by atoms with Crippen LogP contribution in [0.5, 0.6) is 0 Å². The van der Waals surface area contributed by atoms with E-state index in [1.807, 2.05) is 30.3 Å². The van der Waals surface area contributed by atoms with Crippen molar-refractivity contribution in [3.63, 3.8) is 0 Å². The maximum atomic E-state index is 12.9. The van der Waals surface area contributed by atoms with Gasteiger partial charge in [-0.05, 0) is 36.6 Å². The van der Waals surface area contributed by atoms with Gasteiger partial charge < -0.3 is 0 Å². The maximum absolute atomic E-state index is 12.9. The number of aryl methyl sites for hydroxylation is 1. The molecule has 1 aliphatic heterocycles. The third-order valence-corrected chi connectivity index (χ3v) is 6.81. The van der Waals surface area contributed by atoms with Crippen LogP contribution in [0.1, 0.15) is 25.0 Å². The zero-order chi connectivity index (χ0) is 17.9. The van der Waals surface area contributed by atoms with Crippen LogP contribution in [0.2, 0.25) is 0 Å². The van der Waals surface area contributed by atoms with Gasteiger partial charge in [0.05, 0.1) is 4.90 Å². The van der Waals surface area contributed by atoms with E-state index in [0.29, 0.717) is 18.0 Å². The van der Waals surface area contributed by atoms with Crippen LogP contribution in [0.25, 0.3) is 0 Å². The molecule has 0 N–H and O–H groups in total. The second-order valence-corrected chi connectivity index (χ2v) is 8.60. The van der Waals surface area contributed by atoms with Crippen molar-refractivity contribution in [1.29, 1.82) is 0 Å². The van der Waals surface area contributed by atoms with Gasteiger partial charge >= 0.3 is 0 Å². The first-order valence-electron chi connectivity index (χ1n) is 8.88. The molecule has 0 spiro atoms. The Hall–Kier alpha value is -1.69. The standard InChI is InChI=1S/C20H26N2O2S/c1-3-18-9-11-20(12-10-18)25(23,24)22-14-13-21(17(2)15-22)16-19-7-5-4-6-8-19/h4-12,17H,3,13-16H2,1-2H3. The minimum atomic E-state index is -3.41. The minimum absolute atomic E-state index is 0.193. The molecule has 4 nitrogen and oxygen atoms in total. The van der Waals surface area contributed by atoms with E-state index in [4.69, 9.17) is 0 Å². The lowest BCUT2D eigenvalue weighted by molar-refractivity contribution is 0.122. The van der Waals surface area contributed by atoms with Crippen LogP contribution in [0, 0.1) is 0 Å². The average molecular weight is 359 g/mol. The topological polar surface area (TPSA) is 40.6 Å². The summed E-state index contributed by atoms with van der Waals surface area (Å²) in [6.07, 6.45) is 0.912. The molecule has 0 saturated carbocycles. The fourth-order valence-corrected chi connectivity index (χ4v) is 4.79. The fourth-order valence-electron chi connectivity index (χ4n) is 3.28. The Morgan fingerprint density at radius 3 is 2.24 bits per heavy atom. The monoisotopic (exact) mass is 358 g/mol. The predicted octanol–water partition coefficient (Wildman–Crippen LogP) is 3.14. The summed E-state index contributed by atoms with van der Waals surface area (Å²) in [5.74, 6) is 0. The van der Waals surface area contributed by atoms with E-state index in [0.717, 1.165) is 25.1 Å². The van der Waals surface area contributed by atoms with Crippen molar-refractivity contribution < 1.29 is 8.42 Å². The highest BCUT2D eigenvalue weighted by Gasteiger charge is 2.32. The first-order chi connectivity index (χ1) is 12.0. The summed E-state index contributed by atoms with van der Waals surface area (Å²) in [6, 6.07) is 17.8. The molecular weight excluding hydrogens is 332 g/mol. The van der Waals surface area contributed by atoms with Crippen LogP contribution < -0.4 is 0 Å². The Bertz CT molecular complexity index is 788. The van der Waals surface area contributed by atoms with E-state index in [1.165, 1.54) is 5.56 Å². The normalized spacial score (nSPS) is 19.8. The number of sulfonamides is 1. The van der Waals surface area contributed by atoms with Gasteiger partial charge in [0, 0.05) is 32.2 Å². The zero-order valence-corrected chi connectivity index (χ0v) is 15.7. The summed E-state index contributed by atoms with van der Waals surface area (Å²) in [5.41, 5.74) is 2.42. The molecule has 0 bridgehead atoms. The quantitative estimate of drug-likeness (QED) is 0.824. The molecule has 1 fully saturated rings. The highest BCUT2D eigenvalue weighted by Crippen LogP contribution is 2.21. The Kier molecular flexibility index (Phi) is 5.57. The van der Waals surface area contributed by atoms with E-state index in [9.17, 15) is 8.42 Å². The number of benzene rings is 2. The van der Waals surface area contributed by atoms with E-state index < -0.39 is 10.0 Å². The summed E-state index contributed by atoms with van der Waals surface area (Å²) >= 11 is 0. The second kappa shape index (κ2) is 7.68. The van der Waals surface area contributed by atoms with Crippen LogP contribution in [-0.2, 0) is 23.0 Å². The molecule has 1 saturated heterocycles. The third kappa shape index (κ3) is 4.11. The molecule has 0 radical (unpaired) electrons. The summed E-state index contributed by atoms with van der Waals surface area (Å²) in [5, 5.41) is 0. The van der Waals surface area contributed by atoms with Crippen molar-refractivity contribution in [2.45, 2.75) is 37.8 Å². The van der Waals surface area contributed by atoms with Gasteiger partial charge in [-0.1, -0.05) is 49.4 Å². The van der Waals surface area contributed by atoms with Gasteiger partial charge in [0.2, 0.25) is 10.0 Å². The smallest absolute Gasteiger partial charge is 0.243 e. The van der Waals surface area contributed by atoms with Crippen molar-refractivity contribution in [1.82, 2.24) is 9.21 Å². The lowest BCUT2D eigenvalue weighted by Crippen LogP contribution is -2.53. The van der Waals surface area contributed by atoms with Crippen molar-refractivity contribution in [2.24, 2.45) is 0 Å². The van der Waals surface area contributed by atoms with Crippen molar-refractivity contribution >= 4 is 10.0 Å². The highest BCUT2D eigenvalue weighted by atomic mass is 32.2. The Balaban J connectivity index is 1.68. The van der Waals surface area contributed by atoms with Gasteiger partial charge in [0.25, 0.3) is 0 Å². The van der Waals surface area contributed by atoms with Crippen LogP contribution >= 0.6 is 0 Å². The van der Waals surface area contributed by atoms with Crippen LogP contribution in [0.4, 0.5) is 0 Å². The van der Waals surface area contributed by atoms with Gasteiger partial charge in [-0.2, -0.15) is 4.31 Å². The summed E-state index contributed by atoms with van der Waals surface area (Å²) in [7, 11) is -3.41. The summed E-state index contributed by atoms with van der Waals surface area (Å²) in [6.45, 7) is 6.85. The second-order valence-electron chi connectivity index (χ2n) is 6.67. The Morgan fingerprint density at radius 1 is 0.960 bits per heavy atom. The van der Waals surface area contributed by atoms with Crippen molar-refractivity contribution in [3.8, 4) is 0 Å².